The fourth-order valence-electron chi connectivity index (χ4n) is 1.62. The van der Waals surface area contributed by atoms with Crippen molar-refractivity contribution in [2.75, 3.05) is 6.54 Å². The number of rotatable bonds is 4. The molecule has 0 radical (unpaired) electrons. The number of carbonyl (C=O) groups is 3. The van der Waals surface area contributed by atoms with Gasteiger partial charge in [0.25, 0.3) is 5.91 Å². The van der Waals surface area contributed by atoms with E-state index in [9.17, 15) is 14.4 Å². The second-order valence-corrected chi connectivity index (χ2v) is 6.09. The van der Waals surface area contributed by atoms with Crippen molar-refractivity contribution >= 4 is 18.1 Å². The molecule has 3 amide bonds. The van der Waals surface area contributed by atoms with E-state index in [0.717, 1.165) is 11.1 Å². The first kappa shape index (κ1) is 19.3. The number of benzene rings is 1. The second-order valence-electron chi connectivity index (χ2n) is 6.09. The van der Waals surface area contributed by atoms with Gasteiger partial charge in [-0.1, -0.05) is 29.8 Å². The number of hydrogen-bond acceptors (Lipinski definition) is 5. The third kappa shape index (κ3) is 8.62. The van der Waals surface area contributed by atoms with Gasteiger partial charge < -0.3 is 14.8 Å². The van der Waals surface area contributed by atoms with E-state index in [1.807, 2.05) is 31.2 Å². The van der Waals surface area contributed by atoms with Gasteiger partial charge >= 0.3 is 12.2 Å². The number of hydrogen-bond donors (Lipinski definition) is 3. The summed E-state index contributed by atoms with van der Waals surface area (Å²) >= 11 is 0. The maximum Gasteiger partial charge on any atom is 0.426 e. The van der Waals surface area contributed by atoms with Crippen molar-refractivity contribution in [3.63, 3.8) is 0 Å². The van der Waals surface area contributed by atoms with Crippen LogP contribution in [-0.2, 0) is 20.9 Å². The molecule has 132 valence electrons. The molecular formula is C16H23N3O5. The van der Waals surface area contributed by atoms with Gasteiger partial charge in [0.2, 0.25) is 0 Å². The molecule has 0 aliphatic carbocycles. The number of carbonyl (C=O) groups excluding carboxylic acids is 3. The lowest BCUT2D eigenvalue weighted by Crippen LogP contribution is -2.47. The Morgan fingerprint density at radius 1 is 1.08 bits per heavy atom. The van der Waals surface area contributed by atoms with Crippen LogP contribution in [0.4, 0.5) is 9.59 Å². The van der Waals surface area contributed by atoms with Crippen LogP contribution in [0.3, 0.4) is 0 Å². The zero-order chi connectivity index (χ0) is 18.2. The van der Waals surface area contributed by atoms with Crippen LogP contribution in [-0.4, -0.2) is 30.2 Å². The van der Waals surface area contributed by atoms with Gasteiger partial charge in [-0.2, -0.15) is 0 Å². The highest BCUT2D eigenvalue weighted by molar-refractivity contribution is 5.83. The minimum Gasteiger partial charge on any atom is -0.445 e. The van der Waals surface area contributed by atoms with E-state index in [1.165, 1.54) is 0 Å². The van der Waals surface area contributed by atoms with Crippen molar-refractivity contribution in [3.05, 3.63) is 35.4 Å². The summed E-state index contributed by atoms with van der Waals surface area (Å²) in [7, 11) is 0. The zero-order valence-electron chi connectivity index (χ0n) is 14.3. The summed E-state index contributed by atoms with van der Waals surface area (Å²) in [5, 5.41) is 2.27. The molecule has 0 heterocycles. The minimum atomic E-state index is -0.794. The van der Waals surface area contributed by atoms with E-state index in [-0.39, 0.29) is 13.2 Å². The lowest BCUT2D eigenvalue weighted by atomic mass is 10.1. The van der Waals surface area contributed by atoms with Gasteiger partial charge in [-0.3, -0.25) is 10.2 Å². The Morgan fingerprint density at radius 2 is 1.79 bits per heavy atom. The van der Waals surface area contributed by atoms with E-state index in [0.29, 0.717) is 0 Å². The molecule has 3 N–H and O–H groups in total. The first-order valence-corrected chi connectivity index (χ1v) is 7.40. The highest BCUT2D eigenvalue weighted by Gasteiger charge is 2.16. The lowest BCUT2D eigenvalue weighted by molar-refractivity contribution is -0.121. The molecule has 1 aromatic rings. The van der Waals surface area contributed by atoms with Gasteiger partial charge in [0, 0.05) is 0 Å². The fraction of sp³-hybridized carbons (Fsp3) is 0.438. The molecule has 0 aromatic heterocycles. The first-order chi connectivity index (χ1) is 11.2. The quantitative estimate of drug-likeness (QED) is 0.726. The molecule has 0 saturated heterocycles. The topological polar surface area (TPSA) is 106 Å². The highest BCUT2D eigenvalue weighted by Crippen LogP contribution is 2.06. The standard InChI is InChI=1S/C16H23N3O5/c1-11-6-5-7-12(8-11)10-23-14(21)17-9-13(20)18-19-15(22)24-16(2,3)4/h5-8H,9-10H2,1-4H3,(H,17,21)(H,18,20)(H,19,22). The normalized spacial score (nSPS) is 10.5. The summed E-state index contributed by atoms with van der Waals surface area (Å²) in [6, 6.07) is 7.52. The maximum atomic E-state index is 11.5. The van der Waals surface area contributed by atoms with Crippen molar-refractivity contribution in [1.82, 2.24) is 16.2 Å². The Balaban J connectivity index is 2.22. The molecule has 0 aliphatic rings. The number of hydrazine groups is 1. The maximum absolute atomic E-state index is 11.5. The third-order valence-electron chi connectivity index (χ3n) is 2.55. The molecule has 1 aromatic carbocycles. The molecule has 0 fully saturated rings. The third-order valence-corrected chi connectivity index (χ3v) is 2.55. The average molecular weight is 337 g/mol. The van der Waals surface area contributed by atoms with Gasteiger partial charge in [-0.25, -0.2) is 15.0 Å². The molecule has 24 heavy (non-hydrogen) atoms. The van der Waals surface area contributed by atoms with Crippen molar-refractivity contribution < 1.29 is 23.9 Å². The largest absolute Gasteiger partial charge is 0.445 e. The number of ether oxygens (including phenoxy) is 2. The number of aryl methyl sites for hydroxylation is 1. The Labute approximate surface area is 140 Å². The van der Waals surface area contributed by atoms with Crippen LogP contribution in [0.5, 0.6) is 0 Å². The van der Waals surface area contributed by atoms with Crippen LogP contribution < -0.4 is 16.2 Å². The smallest absolute Gasteiger partial charge is 0.426 e. The number of nitrogens with one attached hydrogen (secondary N) is 3. The van der Waals surface area contributed by atoms with Crippen LogP contribution in [0, 0.1) is 6.92 Å². The Morgan fingerprint density at radius 3 is 2.42 bits per heavy atom. The number of amides is 3. The van der Waals surface area contributed by atoms with E-state index in [4.69, 9.17) is 9.47 Å². The predicted molar refractivity (Wildman–Crippen MR) is 86.9 cm³/mol. The molecule has 0 aliphatic heterocycles. The van der Waals surface area contributed by atoms with Gasteiger partial charge in [0.1, 0.15) is 18.8 Å². The van der Waals surface area contributed by atoms with E-state index >= 15 is 0 Å². The van der Waals surface area contributed by atoms with Crippen LogP contribution >= 0.6 is 0 Å². The van der Waals surface area contributed by atoms with Crippen molar-refractivity contribution in [2.24, 2.45) is 0 Å². The predicted octanol–water partition coefficient (Wildman–Crippen LogP) is 1.78. The van der Waals surface area contributed by atoms with E-state index < -0.39 is 23.7 Å². The summed E-state index contributed by atoms with van der Waals surface area (Å²) in [6.45, 7) is 6.78. The summed E-state index contributed by atoms with van der Waals surface area (Å²) < 4.78 is 9.92. The van der Waals surface area contributed by atoms with Crippen LogP contribution in [0.15, 0.2) is 24.3 Å². The van der Waals surface area contributed by atoms with E-state index in [1.54, 1.807) is 20.8 Å². The van der Waals surface area contributed by atoms with Gasteiger partial charge in [0.15, 0.2) is 0 Å². The first-order valence-electron chi connectivity index (χ1n) is 7.40. The molecule has 0 unspecified atom stereocenters. The average Bonchev–Trinajstić information content (AvgIpc) is 2.47. The Bertz CT molecular complexity index is 596. The molecule has 0 bridgehead atoms. The molecule has 0 atom stereocenters. The number of alkyl carbamates (subject to hydrolysis) is 1. The summed E-state index contributed by atoms with van der Waals surface area (Å²) in [5.74, 6) is -0.617. The zero-order valence-corrected chi connectivity index (χ0v) is 14.3. The second kappa shape index (κ2) is 8.76. The molecule has 0 spiro atoms. The van der Waals surface area contributed by atoms with E-state index in [2.05, 4.69) is 16.2 Å². The van der Waals surface area contributed by atoms with Gasteiger partial charge in [-0.05, 0) is 33.3 Å². The highest BCUT2D eigenvalue weighted by atomic mass is 16.6. The molecule has 1 rings (SSSR count). The van der Waals surface area contributed by atoms with Crippen LogP contribution in [0.25, 0.3) is 0 Å². The molecular weight excluding hydrogens is 314 g/mol. The Hall–Kier alpha value is -2.77. The molecule has 8 heteroatoms. The summed E-state index contributed by atoms with van der Waals surface area (Å²) in [5.41, 5.74) is 5.42. The van der Waals surface area contributed by atoms with Crippen molar-refractivity contribution in [1.29, 1.82) is 0 Å². The van der Waals surface area contributed by atoms with Crippen molar-refractivity contribution in [3.8, 4) is 0 Å². The summed E-state index contributed by atoms with van der Waals surface area (Å²) in [6.07, 6.45) is -1.53. The van der Waals surface area contributed by atoms with Crippen LogP contribution in [0.2, 0.25) is 0 Å². The van der Waals surface area contributed by atoms with Gasteiger partial charge in [-0.15, -0.1) is 0 Å². The van der Waals surface area contributed by atoms with Gasteiger partial charge in [0.05, 0.1) is 0 Å². The lowest BCUT2D eigenvalue weighted by Gasteiger charge is -2.19. The SMILES string of the molecule is Cc1cccc(COC(=O)NCC(=O)NNC(=O)OC(C)(C)C)c1. The Kier molecular flexibility index (Phi) is 7.03. The minimum absolute atomic E-state index is 0.102. The molecule has 8 nitrogen and oxygen atoms in total. The molecule has 0 saturated carbocycles. The summed E-state index contributed by atoms with van der Waals surface area (Å²) in [4.78, 5) is 34.3. The fourth-order valence-corrected chi connectivity index (χ4v) is 1.62. The monoisotopic (exact) mass is 337 g/mol. The van der Waals surface area contributed by atoms with Crippen LogP contribution in [0.1, 0.15) is 31.9 Å². The van der Waals surface area contributed by atoms with Crippen molar-refractivity contribution in [2.45, 2.75) is 39.9 Å².